The van der Waals surface area contributed by atoms with Crippen molar-refractivity contribution in [3.8, 4) is 16.9 Å². The fraction of sp³-hybridized carbons (Fsp3) is 0.273. The van der Waals surface area contributed by atoms with Crippen LogP contribution in [0.25, 0.3) is 11.1 Å². The number of carbonyl (C=O) groups excluding carboxylic acids is 1. The number of morpholine rings is 1. The quantitative estimate of drug-likeness (QED) is 0.651. The Hall–Kier alpha value is -3.03. The Kier molecular flexibility index (Phi) is 6.21. The van der Waals surface area contributed by atoms with Crippen LogP contribution in [0.5, 0.6) is 5.75 Å². The molecule has 0 aliphatic carbocycles. The maximum absolute atomic E-state index is 12.6. The maximum Gasteiger partial charge on any atom is 0.246 e. The molecule has 1 N–H and O–H groups in total. The highest BCUT2D eigenvalue weighted by molar-refractivity contribution is 6.32. The summed E-state index contributed by atoms with van der Waals surface area (Å²) in [7, 11) is 1.55. The van der Waals surface area contributed by atoms with Crippen LogP contribution in [0.3, 0.4) is 0 Å². The van der Waals surface area contributed by atoms with Crippen molar-refractivity contribution < 1.29 is 14.3 Å². The molecule has 2 aromatic carbocycles. The third-order valence-electron chi connectivity index (χ3n) is 4.88. The lowest BCUT2D eigenvalue weighted by Gasteiger charge is -2.27. The molecule has 1 saturated heterocycles. The van der Waals surface area contributed by atoms with E-state index < -0.39 is 0 Å². The van der Waals surface area contributed by atoms with E-state index in [4.69, 9.17) is 26.2 Å². The van der Waals surface area contributed by atoms with Gasteiger partial charge in [0.2, 0.25) is 5.91 Å². The second-order valence-electron chi connectivity index (χ2n) is 6.93. The largest absolute Gasteiger partial charge is 0.495 e. The molecule has 156 valence electrons. The van der Waals surface area contributed by atoms with Crippen molar-refractivity contribution in [1.29, 1.82) is 0 Å². The first kappa shape index (κ1) is 20.3. The number of methoxy groups -OCH3 is 1. The third-order valence-corrected chi connectivity index (χ3v) is 5.17. The molecule has 1 aromatic heterocycles. The zero-order valence-corrected chi connectivity index (χ0v) is 17.4. The van der Waals surface area contributed by atoms with Crippen molar-refractivity contribution >= 4 is 29.0 Å². The molecule has 0 unspecified atom stereocenters. The lowest BCUT2D eigenvalue weighted by Crippen LogP contribution is -2.36. The summed E-state index contributed by atoms with van der Waals surface area (Å²) < 4.78 is 12.3. The first-order valence-electron chi connectivity index (χ1n) is 9.73. The average molecular weight is 427 g/mol. The lowest BCUT2D eigenvalue weighted by atomic mass is 10.1. The van der Waals surface area contributed by atoms with Gasteiger partial charge in [-0.3, -0.25) is 9.48 Å². The van der Waals surface area contributed by atoms with Gasteiger partial charge in [0.05, 0.1) is 25.3 Å². The van der Waals surface area contributed by atoms with Gasteiger partial charge >= 0.3 is 0 Å². The summed E-state index contributed by atoms with van der Waals surface area (Å²) >= 11 is 6.14. The van der Waals surface area contributed by atoms with E-state index >= 15 is 0 Å². The van der Waals surface area contributed by atoms with Crippen LogP contribution in [0.1, 0.15) is 0 Å². The number of hydrogen-bond donors (Lipinski definition) is 1. The SMILES string of the molecule is COc1ccc(NC(=O)Cn2cc(-c3ccccc3)c(N3CCOCC3)n2)cc1Cl. The molecule has 0 spiro atoms. The number of nitrogens with zero attached hydrogens (tertiary/aromatic N) is 3. The molecule has 1 aliphatic rings. The number of nitrogens with one attached hydrogen (secondary N) is 1. The van der Waals surface area contributed by atoms with Gasteiger partial charge in [-0.05, 0) is 23.8 Å². The molecule has 3 aromatic rings. The number of rotatable bonds is 6. The first-order chi connectivity index (χ1) is 14.6. The van der Waals surface area contributed by atoms with Gasteiger partial charge in [-0.15, -0.1) is 0 Å². The Bertz CT molecular complexity index is 1020. The lowest BCUT2D eigenvalue weighted by molar-refractivity contribution is -0.116. The molecule has 1 aliphatic heterocycles. The van der Waals surface area contributed by atoms with Gasteiger partial charge in [0.25, 0.3) is 0 Å². The average Bonchev–Trinajstić information content (AvgIpc) is 3.19. The van der Waals surface area contributed by atoms with E-state index in [1.54, 1.807) is 30.0 Å². The van der Waals surface area contributed by atoms with Crippen LogP contribution in [0.4, 0.5) is 11.5 Å². The van der Waals surface area contributed by atoms with Gasteiger partial charge in [0, 0.05) is 30.5 Å². The van der Waals surface area contributed by atoms with Crippen LogP contribution in [-0.4, -0.2) is 49.1 Å². The Labute approximate surface area is 180 Å². The molecular formula is C22H23ClN4O3. The summed E-state index contributed by atoms with van der Waals surface area (Å²) in [5, 5.41) is 8.01. The van der Waals surface area contributed by atoms with E-state index in [0.717, 1.165) is 30.0 Å². The fourth-order valence-corrected chi connectivity index (χ4v) is 3.67. The van der Waals surface area contributed by atoms with Crippen LogP contribution >= 0.6 is 11.6 Å². The minimum atomic E-state index is -0.188. The van der Waals surface area contributed by atoms with E-state index in [9.17, 15) is 4.79 Å². The molecule has 4 rings (SSSR count). The minimum absolute atomic E-state index is 0.0911. The third kappa shape index (κ3) is 4.58. The number of halogens is 1. The predicted molar refractivity (Wildman–Crippen MR) is 117 cm³/mol. The van der Waals surface area contributed by atoms with E-state index in [2.05, 4.69) is 10.2 Å². The second-order valence-corrected chi connectivity index (χ2v) is 7.33. The zero-order valence-electron chi connectivity index (χ0n) is 16.7. The molecule has 30 heavy (non-hydrogen) atoms. The minimum Gasteiger partial charge on any atom is -0.495 e. The highest BCUT2D eigenvalue weighted by Crippen LogP contribution is 2.30. The molecule has 0 radical (unpaired) electrons. The Morgan fingerprint density at radius 2 is 1.97 bits per heavy atom. The van der Waals surface area contributed by atoms with Crippen molar-refractivity contribution in [1.82, 2.24) is 9.78 Å². The molecule has 1 amide bonds. The van der Waals surface area contributed by atoms with Gasteiger partial charge in [-0.1, -0.05) is 41.9 Å². The molecule has 0 atom stereocenters. The summed E-state index contributed by atoms with van der Waals surface area (Å²) in [5.74, 6) is 1.24. The van der Waals surface area contributed by atoms with Crippen LogP contribution in [0.15, 0.2) is 54.7 Å². The normalized spacial score (nSPS) is 13.9. The van der Waals surface area contributed by atoms with Crippen molar-refractivity contribution in [2.24, 2.45) is 0 Å². The molecular weight excluding hydrogens is 404 g/mol. The first-order valence-corrected chi connectivity index (χ1v) is 10.1. The van der Waals surface area contributed by atoms with E-state index in [1.807, 2.05) is 36.5 Å². The number of benzene rings is 2. The van der Waals surface area contributed by atoms with Gasteiger partial charge in [-0.2, -0.15) is 5.10 Å². The molecule has 0 bridgehead atoms. The summed E-state index contributed by atoms with van der Waals surface area (Å²) in [4.78, 5) is 14.8. The number of amides is 1. The van der Waals surface area contributed by atoms with E-state index in [0.29, 0.717) is 29.7 Å². The van der Waals surface area contributed by atoms with Crippen LogP contribution in [-0.2, 0) is 16.1 Å². The summed E-state index contributed by atoms with van der Waals surface area (Å²) in [6.07, 6.45) is 1.92. The summed E-state index contributed by atoms with van der Waals surface area (Å²) in [6.45, 7) is 2.97. The van der Waals surface area contributed by atoms with Crippen LogP contribution in [0.2, 0.25) is 5.02 Å². The number of anilines is 2. The molecule has 1 fully saturated rings. The fourth-order valence-electron chi connectivity index (χ4n) is 3.41. The number of hydrogen-bond acceptors (Lipinski definition) is 5. The van der Waals surface area contributed by atoms with Gasteiger partial charge in [0.15, 0.2) is 5.82 Å². The van der Waals surface area contributed by atoms with Crippen molar-refractivity contribution in [2.45, 2.75) is 6.54 Å². The van der Waals surface area contributed by atoms with Crippen LogP contribution in [0, 0.1) is 0 Å². The zero-order chi connectivity index (χ0) is 20.9. The van der Waals surface area contributed by atoms with Crippen molar-refractivity contribution in [3.63, 3.8) is 0 Å². The maximum atomic E-state index is 12.6. The molecule has 7 nitrogen and oxygen atoms in total. The summed E-state index contributed by atoms with van der Waals surface area (Å²) in [6, 6.07) is 15.2. The predicted octanol–water partition coefficient (Wildman–Crippen LogP) is 3.69. The standard InChI is InChI=1S/C22H23ClN4O3/c1-29-20-8-7-17(13-19(20)23)24-21(28)15-27-14-18(16-5-3-2-4-6-16)22(25-27)26-9-11-30-12-10-26/h2-8,13-14H,9-12,15H2,1H3,(H,24,28). The highest BCUT2D eigenvalue weighted by Gasteiger charge is 2.20. The van der Waals surface area contributed by atoms with Crippen LogP contribution < -0.4 is 15.0 Å². The van der Waals surface area contributed by atoms with Gasteiger partial charge in [0.1, 0.15) is 12.3 Å². The summed E-state index contributed by atoms with van der Waals surface area (Å²) in [5.41, 5.74) is 2.67. The van der Waals surface area contributed by atoms with E-state index in [-0.39, 0.29) is 12.5 Å². The second kappa shape index (κ2) is 9.19. The highest BCUT2D eigenvalue weighted by atomic mass is 35.5. The van der Waals surface area contributed by atoms with Crippen molar-refractivity contribution in [3.05, 3.63) is 59.8 Å². The molecule has 2 heterocycles. The number of ether oxygens (including phenoxy) is 2. The van der Waals surface area contributed by atoms with Crippen molar-refractivity contribution in [2.75, 3.05) is 43.6 Å². The topological polar surface area (TPSA) is 68.6 Å². The van der Waals surface area contributed by atoms with Gasteiger partial charge < -0.3 is 19.7 Å². The Morgan fingerprint density at radius 1 is 1.20 bits per heavy atom. The molecule has 8 heteroatoms. The Morgan fingerprint density at radius 3 is 2.67 bits per heavy atom. The number of aromatic nitrogens is 2. The number of carbonyl (C=O) groups is 1. The van der Waals surface area contributed by atoms with Gasteiger partial charge in [-0.25, -0.2) is 0 Å². The monoisotopic (exact) mass is 426 g/mol. The molecule has 0 saturated carbocycles. The Balaban J connectivity index is 1.54. The smallest absolute Gasteiger partial charge is 0.246 e. The van der Waals surface area contributed by atoms with E-state index in [1.165, 1.54) is 0 Å².